The van der Waals surface area contributed by atoms with Crippen molar-refractivity contribution in [1.82, 2.24) is 9.55 Å². The summed E-state index contributed by atoms with van der Waals surface area (Å²) in [5.74, 6) is 1.49. The summed E-state index contributed by atoms with van der Waals surface area (Å²) in [7, 11) is 0. The maximum absolute atomic E-state index is 12.4. The molecule has 0 aliphatic heterocycles. The first-order chi connectivity index (χ1) is 13.3. The van der Waals surface area contributed by atoms with E-state index in [0.29, 0.717) is 16.0 Å². The normalized spacial score (nSPS) is 11.4. The summed E-state index contributed by atoms with van der Waals surface area (Å²) in [6.45, 7) is 1.41. The van der Waals surface area contributed by atoms with Crippen molar-refractivity contribution >= 4 is 35.0 Å². The van der Waals surface area contributed by atoms with E-state index in [9.17, 15) is 8.78 Å². The molecule has 0 amide bonds. The van der Waals surface area contributed by atoms with E-state index in [1.807, 2.05) is 10.6 Å². The Labute approximate surface area is 176 Å². The lowest BCUT2D eigenvalue weighted by molar-refractivity contribution is -0.0498. The molecular formula is C20H18Cl2F2N2OS. The fourth-order valence-electron chi connectivity index (χ4n) is 2.56. The van der Waals surface area contributed by atoms with Gasteiger partial charge in [-0.2, -0.15) is 8.78 Å². The van der Waals surface area contributed by atoms with Crippen LogP contribution in [0.25, 0.3) is 16.9 Å². The first-order valence-corrected chi connectivity index (χ1v) is 10.3. The molecule has 0 aliphatic carbocycles. The van der Waals surface area contributed by atoms with Crippen molar-refractivity contribution in [3.8, 4) is 22.7 Å². The summed E-state index contributed by atoms with van der Waals surface area (Å²) in [6.07, 6.45) is 1.77. The Balaban J connectivity index is 2.05. The van der Waals surface area contributed by atoms with Crippen LogP contribution in [-0.4, -0.2) is 21.9 Å². The molecule has 3 rings (SSSR count). The molecule has 0 bridgehead atoms. The monoisotopic (exact) mass is 442 g/mol. The quantitative estimate of drug-likeness (QED) is 0.362. The van der Waals surface area contributed by atoms with Crippen LogP contribution in [0.5, 0.6) is 5.75 Å². The van der Waals surface area contributed by atoms with Gasteiger partial charge in [0.25, 0.3) is 0 Å². The van der Waals surface area contributed by atoms with Crippen molar-refractivity contribution in [3.63, 3.8) is 0 Å². The van der Waals surface area contributed by atoms with Crippen LogP contribution in [0.4, 0.5) is 8.78 Å². The molecule has 0 saturated carbocycles. The van der Waals surface area contributed by atoms with Crippen molar-refractivity contribution in [1.29, 1.82) is 0 Å². The number of ether oxygens (including phenoxy) is 1. The molecule has 0 atom stereocenters. The van der Waals surface area contributed by atoms with Gasteiger partial charge in [-0.1, -0.05) is 54.9 Å². The van der Waals surface area contributed by atoms with E-state index in [0.717, 1.165) is 27.9 Å². The lowest BCUT2D eigenvalue weighted by Gasteiger charge is -2.14. The summed E-state index contributed by atoms with van der Waals surface area (Å²) < 4.78 is 31.3. The molecule has 0 unspecified atom stereocenters. The standard InChI is InChI=1S/C20H18Cl2F2N2OS/c1-12(2)11-28-20-25-10-18(13-3-8-16(21)17(22)9-13)26(20)14-4-6-15(7-5-14)27-19(23)24/h3-10,12,19H,11H2,1-2H3. The zero-order valence-electron chi connectivity index (χ0n) is 15.2. The maximum atomic E-state index is 12.4. The molecule has 2 aromatic carbocycles. The lowest BCUT2D eigenvalue weighted by Crippen LogP contribution is -2.03. The average Bonchev–Trinajstić information content (AvgIpc) is 3.06. The Hall–Kier alpha value is -1.76. The van der Waals surface area contributed by atoms with E-state index in [1.54, 1.807) is 42.2 Å². The summed E-state index contributed by atoms with van der Waals surface area (Å²) >= 11 is 13.9. The predicted molar refractivity (Wildman–Crippen MR) is 111 cm³/mol. The Morgan fingerprint density at radius 3 is 2.39 bits per heavy atom. The topological polar surface area (TPSA) is 27.1 Å². The Morgan fingerprint density at radius 2 is 1.79 bits per heavy atom. The molecule has 3 nitrogen and oxygen atoms in total. The molecule has 1 heterocycles. The number of imidazole rings is 1. The second-order valence-electron chi connectivity index (χ2n) is 6.47. The highest BCUT2D eigenvalue weighted by atomic mass is 35.5. The highest BCUT2D eigenvalue weighted by molar-refractivity contribution is 7.99. The number of hydrogen-bond donors (Lipinski definition) is 0. The largest absolute Gasteiger partial charge is 0.435 e. The minimum atomic E-state index is -2.86. The van der Waals surface area contributed by atoms with Crippen LogP contribution in [0.2, 0.25) is 10.0 Å². The smallest absolute Gasteiger partial charge is 0.387 e. The number of hydrogen-bond acceptors (Lipinski definition) is 3. The molecule has 1 aromatic heterocycles. The van der Waals surface area contributed by atoms with Crippen LogP contribution in [0, 0.1) is 5.92 Å². The Morgan fingerprint density at radius 1 is 1.07 bits per heavy atom. The molecule has 3 aromatic rings. The third-order valence-electron chi connectivity index (χ3n) is 3.81. The van der Waals surface area contributed by atoms with E-state index < -0.39 is 6.61 Å². The molecule has 0 spiro atoms. The van der Waals surface area contributed by atoms with Crippen LogP contribution in [0.1, 0.15) is 13.8 Å². The number of aromatic nitrogens is 2. The molecule has 0 radical (unpaired) electrons. The predicted octanol–water partition coefficient (Wildman–Crippen LogP) is 7.20. The molecule has 0 fully saturated rings. The number of thioether (sulfide) groups is 1. The van der Waals surface area contributed by atoms with Gasteiger partial charge in [0.2, 0.25) is 0 Å². The van der Waals surface area contributed by atoms with E-state index in [2.05, 4.69) is 23.6 Å². The zero-order chi connectivity index (χ0) is 20.3. The van der Waals surface area contributed by atoms with Gasteiger partial charge in [-0.3, -0.25) is 4.57 Å². The Bertz CT molecular complexity index is 946. The van der Waals surface area contributed by atoms with Gasteiger partial charge in [-0.15, -0.1) is 0 Å². The molecule has 0 N–H and O–H groups in total. The lowest BCUT2D eigenvalue weighted by atomic mass is 10.1. The van der Waals surface area contributed by atoms with Gasteiger partial charge in [-0.25, -0.2) is 4.98 Å². The minimum Gasteiger partial charge on any atom is -0.435 e. The average molecular weight is 443 g/mol. The SMILES string of the molecule is CC(C)CSc1ncc(-c2ccc(Cl)c(Cl)c2)n1-c1ccc(OC(F)F)cc1. The van der Waals surface area contributed by atoms with Crippen LogP contribution in [-0.2, 0) is 0 Å². The van der Waals surface area contributed by atoms with E-state index >= 15 is 0 Å². The van der Waals surface area contributed by atoms with Gasteiger partial charge >= 0.3 is 6.61 Å². The number of benzene rings is 2. The summed E-state index contributed by atoms with van der Waals surface area (Å²) in [6, 6.07) is 11.8. The van der Waals surface area contributed by atoms with Gasteiger partial charge in [0, 0.05) is 17.0 Å². The van der Waals surface area contributed by atoms with Crippen molar-refractivity contribution in [2.24, 2.45) is 5.92 Å². The number of halogens is 4. The van der Waals surface area contributed by atoms with Crippen molar-refractivity contribution in [3.05, 3.63) is 58.7 Å². The molecule has 28 heavy (non-hydrogen) atoms. The first-order valence-electron chi connectivity index (χ1n) is 8.56. The fourth-order valence-corrected chi connectivity index (χ4v) is 3.80. The molecule has 148 valence electrons. The second kappa shape index (κ2) is 9.16. The summed E-state index contributed by atoms with van der Waals surface area (Å²) in [5.41, 5.74) is 2.46. The van der Waals surface area contributed by atoms with Gasteiger partial charge in [-0.05, 0) is 42.3 Å². The van der Waals surface area contributed by atoms with E-state index in [-0.39, 0.29) is 5.75 Å². The van der Waals surface area contributed by atoms with Crippen LogP contribution >= 0.6 is 35.0 Å². The van der Waals surface area contributed by atoms with Gasteiger partial charge in [0.15, 0.2) is 5.16 Å². The van der Waals surface area contributed by atoms with Crippen molar-refractivity contribution in [2.75, 3.05) is 5.75 Å². The van der Waals surface area contributed by atoms with Gasteiger partial charge in [0.05, 0.1) is 21.9 Å². The van der Waals surface area contributed by atoms with Gasteiger partial charge < -0.3 is 4.74 Å². The van der Waals surface area contributed by atoms with Gasteiger partial charge in [0.1, 0.15) is 5.75 Å². The third kappa shape index (κ3) is 4.99. The van der Waals surface area contributed by atoms with E-state index in [1.165, 1.54) is 12.1 Å². The highest BCUT2D eigenvalue weighted by Crippen LogP contribution is 2.34. The fraction of sp³-hybridized carbons (Fsp3) is 0.250. The molecule has 8 heteroatoms. The number of alkyl halides is 2. The molecule has 0 saturated heterocycles. The number of nitrogens with zero attached hydrogens (tertiary/aromatic N) is 2. The summed E-state index contributed by atoms with van der Waals surface area (Å²) in [4.78, 5) is 4.56. The highest BCUT2D eigenvalue weighted by Gasteiger charge is 2.16. The Kier molecular flexibility index (Phi) is 6.86. The van der Waals surface area contributed by atoms with E-state index in [4.69, 9.17) is 23.2 Å². The third-order valence-corrected chi connectivity index (χ3v) is 5.93. The minimum absolute atomic E-state index is 0.103. The second-order valence-corrected chi connectivity index (χ2v) is 8.27. The maximum Gasteiger partial charge on any atom is 0.387 e. The first kappa shape index (κ1) is 21.0. The molecular weight excluding hydrogens is 425 g/mol. The zero-order valence-corrected chi connectivity index (χ0v) is 17.5. The van der Waals surface area contributed by atoms with Crippen LogP contribution < -0.4 is 4.74 Å². The van der Waals surface area contributed by atoms with Crippen molar-refractivity contribution in [2.45, 2.75) is 25.6 Å². The van der Waals surface area contributed by atoms with Crippen LogP contribution in [0.15, 0.2) is 53.8 Å². The van der Waals surface area contributed by atoms with Crippen molar-refractivity contribution < 1.29 is 13.5 Å². The van der Waals surface area contributed by atoms with Crippen LogP contribution in [0.3, 0.4) is 0 Å². The number of rotatable bonds is 7. The molecule has 0 aliphatic rings. The summed E-state index contributed by atoms with van der Waals surface area (Å²) in [5, 5.41) is 1.72.